The molecule has 2 aromatic carbocycles. The van der Waals surface area contributed by atoms with E-state index in [1.807, 2.05) is 6.92 Å². The number of Topliss-reactive ketones (excluding diaryl/α,β-unsaturated/α-hetero) is 1. The van der Waals surface area contributed by atoms with E-state index in [0.29, 0.717) is 18.3 Å². The van der Waals surface area contributed by atoms with Crippen LogP contribution in [0.1, 0.15) is 83.1 Å². The lowest BCUT2D eigenvalue weighted by molar-refractivity contribution is -0.131. The molecule has 2 nitrogen and oxygen atoms in total. The van der Waals surface area contributed by atoms with Crippen LogP contribution in [0.5, 0.6) is 0 Å². The number of hydrogen-bond acceptors (Lipinski definition) is 2. The fraction of sp³-hybridized carbons (Fsp3) is 0.552. The highest BCUT2D eigenvalue weighted by molar-refractivity contribution is 5.75. The highest BCUT2D eigenvalue weighted by atomic mass is 16.5. The van der Waals surface area contributed by atoms with E-state index in [0.717, 1.165) is 6.42 Å². The van der Waals surface area contributed by atoms with Crippen LogP contribution < -0.4 is 0 Å². The summed E-state index contributed by atoms with van der Waals surface area (Å²) in [6, 6.07) is 19.8. The number of carbonyl (C=O) groups excluding carboxylic acids is 1. The molecule has 2 aliphatic carbocycles. The summed E-state index contributed by atoms with van der Waals surface area (Å²) in [7, 11) is 0. The van der Waals surface area contributed by atoms with E-state index < -0.39 is 0 Å². The maximum absolute atomic E-state index is 11.7. The van der Waals surface area contributed by atoms with Gasteiger partial charge in [0.05, 0.1) is 12.2 Å². The topological polar surface area (TPSA) is 26.3 Å². The van der Waals surface area contributed by atoms with Gasteiger partial charge in [-0.25, -0.2) is 0 Å². The number of hydrogen-bond donors (Lipinski definition) is 0. The number of rotatable bonds is 6. The first kappa shape index (κ1) is 22.3. The molecule has 0 heterocycles. The number of aryl methyl sites for hydroxylation is 1. The van der Waals surface area contributed by atoms with Gasteiger partial charge < -0.3 is 4.74 Å². The molecule has 0 aliphatic heterocycles. The van der Waals surface area contributed by atoms with Crippen molar-refractivity contribution in [3.05, 3.63) is 71.3 Å². The Hall–Kier alpha value is -1.93. The van der Waals surface area contributed by atoms with E-state index in [1.165, 1.54) is 24.8 Å². The second-order valence-corrected chi connectivity index (χ2v) is 10.8. The third kappa shape index (κ3) is 4.12. The summed E-state index contributed by atoms with van der Waals surface area (Å²) in [4.78, 5) is 11.7. The Morgan fingerprint density at radius 2 is 1.71 bits per heavy atom. The molecule has 0 radical (unpaired) electrons. The molecule has 0 unspecified atom stereocenters. The lowest BCUT2D eigenvalue weighted by Crippen LogP contribution is -2.53. The summed E-state index contributed by atoms with van der Waals surface area (Å²) >= 11 is 0. The Kier molecular flexibility index (Phi) is 6.14. The van der Waals surface area contributed by atoms with Crippen LogP contribution in [0.2, 0.25) is 0 Å². The van der Waals surface area contributed by atoms with Crippen LogP contribution in [-0.2, 0) is 21.4 Å². The van der Waals surface area contributed by atoms with E-state index in [1.54, 1.807) is 18.1 Å². The smallest absolute Gasteiger partial charge is 0.132 e. The zero-order chi connectivity index (χ0) is 22.2. The third-order valence-corrected chi connectivity index (χ3v) is 8.38. The maximum Gasteiger partial charge on any atom is 0.132 e. The zero-order valence-electron chi connectivity index (χ0n) is 19.9. The van der Waals surface area contributed by atoms with Crippen LogP contribution >= 0.6 is 0 Å². The summed E-state index contributed by atoms with van der Waals surface area (Å²) in [5.74, 6) is 1.23. The number of fused-ring (bicyclic) bond motifs is 3. The van der Waals surface area contributed by atoms with Gasteiger partial charge in [-0.05, 0) is 78.9 Å². The average molecular weight is 419 g/mol. The second-order valence-electron chi connectivity index (χ2n) is 10.8. The number of ketones is 1. The molecule has 2 aromatic rings. The number of carbonyl (C=O) groups is 1. The highest BCUT2D eigenvalue weighted by Gasteiger charge is 2.55. The molecule has 0 saturated heterocycles. The largest absolute Gasteiger partial charge is 0.370 e. The molecular formula is C29H38O2. The second kappa shape index (κ2) is 8.54. The Morgan fingerprint density at radius 1 is 1.03 bits per heavy atom. The van der Waals surface area contributed by atoms with Crippen molar-refractivity contribution in [3.8, 4) is 0 Å². The zero-order valence-corrected chi connectivity index (χ0v) is 19.9. The Morgan fingerprint density at radius 3 is 2.42 bits per heavy atom. The fourth-order valence-corrected chi connectivity index (χ4v) is 6.98. The maximum atomic E-state index is 11.7. The molecule has 0 aromatic heterocycles. The minimum absolute atomic E-state index is 0.0206. The van der Waals surface area contributed by atoms with Gasteiger partial charge in [-0.1, -0.05) is 75.4 Å². The highest BCUT2D eigenvalue weighted by Crippen LogP contribution is 2.61. The minimum atomic E-state index is -0.0705. The normalized spacial score (nSPS) is 28.8. The van der Waals surface area contributed by atoms with Gasteiger partial charge in [0.25, 0.3) is 0 Å². The van der Waals surface area contributed by atoms with E-state index in [-0.39, 0.29) is 28.8 Å². The molecule has 5 atom stereocenters. The summed E-state index contributed by atoms with van der Waals surface area (Å²) in [6.45, 7) is 11.2. The van der Waals surface area contributed by atoms with Gasteiger partial charge in [0, 0.05) is 6.42 Å². The van der Waals surface area contributed by atoms with E-state index in [9.17, 15) is 4.79 Å². The molecule has 2 heteroatoms. The summed E-state index contributed by atoms with van der Waals surface area (Å²) in [5.41, 5.74) is 4.72. The first-order valence-electron chi connectivity index (χ1n) is 12.0. The van der Waals surface area contributed by atoms with Crippen molar-refractivity contribution in [1.82, 2.24) is 0 Å². The molecule has 0 amide bonds. The van der Waals surface area contributed by atoms with E-state index in [4.69, 9.17) is 4.74 Å². The average Bonchev–Trinajstić information content (AvgIpc) is 2.72. The lowest BCUT2D eigenvalue weighted by Gasteiger charge is -2.59. The number of benzene rings is 2. The van der Waals surface area contributed by atoms with E-state index in [2.05, 4.69) is 75.4 Å². The molecule has 0 bridgehead atoms. The minimum Gasteiger partial charge on any atom is -0.370 e. The van der Waals surface area contributed by atoms with Crippen LogP contribution in [0.3, 0.4) is 0 Å². The van der Waals surface area contributed by atoms with Gasteiger partial charge >= 0.3 is 0 Å². The van der Waals surface area contributed by atoms with Gasteiger partial charge in [0.1, 0.15) is 5.78 Å². The molecule has 1 fully saturated rings. The van der Waals surface area contributed by atoms with Crippen LogP contribution in [0, 0.1) is 17.3 Å². The third-order valence-electron chi connectivity index (χ3n) is 8.38. The Bertz CT molecular complexity index is 915. The van der Waals surface area contributed by atoms with Crippen molar-refractivity contribution in [3.63, 3.8) is 0 Å². The molecular weight excluding hydrogens is 380 g/mol. The summed E-state index contributed by atoms with van der Waals surface area (Å²) in [6.07, 6.45) is 5.17. The van der Waals surface area contributed by atoms with Crippen molar-refractivity contribution in [2.24, 2.45) is 17.3 Å². The van der Waals surface area contributed by atoms with Crippen LogP contribution in [0.25, 0.3) is 0 Å². The van der Waals surface area contributed by atoms with Crippen molar-refractivity contribution >= 4 is 5.78 Å². The van der Waals surface area contributed by atoms with Crippen LogP contribution in [-0.4, -0.2) is 11.9 Å². The lowest BCUT2D eigenvalue weighted by atomic mass is 9.46. The van der Waals surface area contributed by atoms with Gasteiger partial charge in [-0.15, -0.1) is 0 Å². The van der Waals surface area contributed by atoms with E-state index >= 15 is 0 Å². The van der Waals surface area contributed by atoms with Crippen LogP contribution in [0.4, 0.5) is 0 Å². The molecule has 4 rings (SSSR count). The van der Waals surface area contributed by atoms with Gasteiger partial charge in [0.15, 0.2) is 0 Å². The van der Waals surface area contributed by atoms with Gasteiger partial charge in [0.2, 0.25) is 0 Å². The molecule has 0 spiro atoms. The monoisotopic (exact) mass is 418 g/mol. The van der Waals surface area contributed by atoms with Crippen molar-refractivity contribution < 1.29 is 9.53 Å². The van der Waals surface area contributed by atoms with Crippen molar-refractivity contribution in [1.29, 1.82) is 0 Å². The SMILES string of the molecule is CC(=O)C[C@@H](C)O[C@@H](c1ccccc1)[C@H]1CC[C@]2(C)c3ccccc3CC[C@H]2C1(C)C. The quantitative estimate of drug-likeness (QED) is 0.501. The Balaban J connectivity index is 1.69. The standard InChI is InChI=1S/C29H38O2/c1-20(30)19-21(2)31-27(23-12-7-6-8-13-23)25-17-18-29(5)24-14-10-9-11-22(24)15-16-26(29)28(25,3)4/h6-14,21,25-27H,15-19H2,1-5H3/t21-,25-,26+,27+,29-/m1/s1. The molecule has 0 N–H and O–H groups in total. The summed E-state index contributed by atoms with van der Waals surface area (Å²) < 4.78 is 6.68. The fourth-order valence-electron chi connectivity index (χ4n) is 6.98. The Labute approximate surface area is 188 Å². The summed E-state index contributed by atoms with van der Waals surface area (Å²) in [5, 5.41) is 0. The first-order valence-corrected chi connectivity index (χ1v) is 12.0. The molecule has 166 valence electrons. The van der Waals surface area contributed by atoms with Crippen molar-refractivity contribution in [2.75, 3.05) is 0 Å². The van der Waals surface area contributed by atoms with Gasteiger partial charge in [-0.3, -0.25) is 4.79 Å². The van der Waals surface area contributed by atoms with Gasteiger partial charge in [-0.2, -0.15) is 0 Å². The molecule has 1 saturated carbocycles. The van der Waals surface area contributed by atoms with Crippen molar-refractivity contribution in [2.45, 2.75) is 84.3 Å². The predicted octanol–water partition coefficient (Wildman–Crippen LogP) is 7.07. The van der Waals surface area contributed by atoms with Crippen LogP contribution in [0.15, 0.2) is 54.6 Å². The molecule has 31 heavy (non-hydrogen) atoms. The molecule has 2 aliphatic rings. The number of ether oxygens (including phenoxy) is 1. The predicted molar refractivity (Wildman–Crippen MR) is 127 cm³/mol. The first-order chi connectivity index (χ1) is 14.7.